The molecule has 0 aliphatic rings. The Bertz CT molecular complexity index is 777. The third-order valence-corrected chi connectivity index (χ3v) is 4.51. The molecule has 2 unspecified atom stereocenters. The predicted octanol–water partition coefficient (Wildman–Crippen LogP) is 4.18. The lowest BCUT2D eigenvalue weighted by Crippen LogP contribution is -2.34. The molecule has 2 aromatic rings. The Morgan fingerprint density at radius 1 is 1.04 bits per heavy atom. The molecule has 0 spiro atoms. The Labute approximate surface area is 165 Å². The van der Waals surface area contributed by atoms with Crippen LogP contribution < -0.4 is 15.4 Å². The maximum Gasteiger partial charge on any atom is 0.222 e. The van der Waals surface area contributed by atoms with Crippen LogP contribution in [0, 0.1) is 0 Å². The van der Waals surface area contributed by atoms with Gasteiger partial charge in [-0.25, -0.2) is 0 Å². The molecule has 27 heavy (non-hydrogen) atoms. The highest BCUT2D eigenvalue weighted by atomic mass is 35.5. The predicted molar refractivity (Wildman–Crippen MR) is 107 cm³/mol. The van der Waals surface area contributed by atoms with E-state index in [2.05, 4.69) is 10.6 Å². The van der Waals surface area contributed by atoms with E-state index >= 15 is 0 Å². The summed E-state index contributed by atoms with van der Waals surface area (Å²) in [6, 6.07) is 14.2. The van der Waals surface area contributed by atoms with Gasteiger partial charge in [0, 0.05) is 11.9 Å². The van der Waals surface area contributed by atoms with Crippen molar-refractivity contribution < 1.29 is 14.3 Å². The number of hydrogen-bond acceptors (Lipinski definition) is 3. The first-order chi connectivity index (χ1) is 12.9. The van der Waals surface area contributed by atoms with Gasteiger partial charge in [-0.1, -0.05) is 42.8 Å². The summed E-state index contributed by atoms with van der Waals surface area (Å²) in [6.07, 6.45) is 0.877. The van der Waals surface area contributed by atoms with Crippen molar-refractivity contribution in [1.82, 2.24) is 10.6 Å². The number of hydrogen-bond donors (Lipinski definition) is 2. The first-order valence-electron chi connectivity index (χ1n) is 8.88. The van der Waals surface area contributed by atoms with Gasteiger partial charge in [0.25, 0.3) is 0 Å². The van der Waals surface area contributed by atoms with E-state index in [4.69, 9.17) is 16.3 Å². The van der Waals surface area contributed by atoms with Crippen LogP contribution in [-0.2, 0) is 9.59 Å². The maximum absolute atomic E-state index is 12.6. The number of carbonyl (C=O) groups excluding carboxylic acids is 2. The summed E-state index contributed by atoms with van der Waals surface area (Å²) in [5.41, 5.74) is 1.80. The van der Waals surface area contributed by atoms with Crippen LogP contribution in [0.1, 0.15) is 49.9 Å². The molecular weight excluding hydrogens is 364 g/mol. The molecule has 2 rings (SSSR count). The second-order valence-corrected chi connectivity index (χ2v) is 6.75. The van der Waals surface area contributed by atoms with Gasteiger partial charge >= 0.3 is 0 Å². The molecular formula is C21H25ClN2O3. The van der Waals surface area contributed by atoms with Crippen molar-refractivity contribution in [2.75, 3.05) is 7.11 Å². The molecule has 0 aliphatic carbocycles. The Hall–Kier alpha value is -2.53. The standard InChI is InChI=1S/C21H25ClN2O3/c1-4-19(16-6-5-7-17(22)12-16)24-21(26)13-20(23-14(2)25)15-8-10-18(27-3)11-9-15/h5-12,19-20H,4,13H2,1-3H3,(H,23,25)(H,24,26). The number of halogens is 1. The molecule has 0 aromatic heterocycles. The molecule has 2 N–H and O–H groups in total. The zero-order valence-electron chi connectivity index (χ0n) is 15.8. The Kier molecular flexibility index (Phi) is 7.67. The van der Waals surface area contributed by atoms with Crippen LogP contribution in [-0.4, -0.2) is 18.9 Å². The number of benzene rings is 2. The monoisotopic (exact) mass is 388 g/mol. The van der Waals surface area contributed by atoms with Crippen molar-refractivity contribution >= 4 is 23.4 Å². The van der Waals surface area contributed by atoms with Gasteiger partial charge in [0.05, 0.1) is 25.6 Å². The highest BCUT2D eigenvalue weighted by Gasteiger charge is 2.20. The minimum absolute atomic E-state index is 0.134. The van der Waals surface area contributed by atoms with Crippen LogP contribution in [0.15, 0.2) is 48.5 Å². The van der Waals surface area contributed by atoms with E-state index in [0.717, 1.165) is 23.3 Å². The molecule has 0 radical (unpaired) electrons. The first-order valence-corrected chi connectivity index (χ1v) is 9.26. The summed E-state index contributed by atoms with van der Waals surface area (Å²) >= 11 is 6.06. The average Bonchev–Trinajstić information content (AvgIpc) is 2.65. The van der Waals surface area contributed by atoms with Crippen LogP contribution in [0.4, 0.5) is 0 Å². The third-order valence-electron chi connectivity index (χ3n) is 4.28. The Morgan fingerprint density at radius 3 is 2.30 bits per heavy atom. The first kappa shape index (κ1) is 20.8. The quantitative estimate of drug-likeness (QED) is 0.712. The SMILES string of the molecule is CCC(NC(=O)CC(NC(C)=O)c1ccc(OC)cc1)c1cccc(Cl)c1. The van der Waals surface area contributed by atoms with Gasteiger partial charge in [-0.15, -0.1) is 0 Å². The smallest absolute Gasteiger partial charge is 0.222 e. The van der Waals surface area contributed by atoms with Crippen LogP contribution in [0.3, 0.4) is 0 Å². The van der Waals surface area contributed by atoms with Crippen LogP contribution in [0.5, 0.6) is 5.75 Å². The number of rotatable bonds is 8. The van der Waals surface area contributed by atoms with Gasteiger partial charge < -0.3 is 15.4 Å². The number of amides is 2. The summed E-state index contributed by atoms with van der Waals surface area (Å²) in [5.74, 6) is 0.388. The van der Waals surface area contributed by atoms with E-state index in [0.29, 0.717) is 5.02 Å². The van der Waals surface area contributed by atoms with E-state index in [9.17, 15) is 9.59 Å². The van der Waals surface area contributed by atoms with Gasteiger partial charge in [-0.05, 0) is 41.8 Å². The molecule has 0 saturated heterocycles. The molecule has 2 atom stereocenters. The van der Waals surface area contributed by atoms with E-state index in [1.54, 1.807) is 13.2 Å². The Balaban J connectivity index is 2.10. The lowest BCUT2D eigenvalue weighted by molar-refractivity contribution is -0.123. The van der Waals surface area contributed by atoms with Crippen molar-refractivity contribution in [3.05, 3.63) is 64.7 Å². The molecule has 2 amide bonds. The van der Waals surface area contributed by atoms with E-state index < -0.39 is 6.04 Å². The van der Waals surface area contributed by atoms with E-state index in [-0.39, 0.29) is 24.3 Å². The van der Waals surface area contributed by atoms with Crippen LogP contribution >= 0.6 is 11.6 Å². The number of carbonyl (C=O) groups is 2. The molecule has 0 aliphatic heterocycles. The molecule has 2 aromatic carbocycles. The normalized spacial score (nSPS) is 12.7. The maximum atomic E-state index is 12.6. The summed E-state index contributed by atoms with van der Waals surface area (Å²) in [7, 11) is 1.59. The summed E-state index contributed by atoms with van der Waals surface area (Å²) in [6.45, 7) is 3.44. The molecule has 0 heterocycles. The highest BCUT2D eigenvalue weighted by molar-refractivity contribution is 6.30. The van der Waals surface area contributed by atoms with Crippen molar-refractivity contribution in [1.29, 1.82) is 0 Å². The lowest BCUT2D eigenvalue weighted by atomic mass is 10.0. The van der Waals surface area contributed by atoms with Crippen molar-refractivity contribution in [2.24, 2.45) is 0 Å². The molecule has 0 saturated carbocycles. The zero-order chi connectivity index (χ0) is 19.8. The summed E-state index contributed by atoms with van der Waals surface area (Å²) in [4.78, 5) is 24.2. The van der Waals surface area contributed by atoms with Crippen molar-refractivity contribution in [3.63, 3.8) is 0 Å². The molecule has 144 valence electrons. The topological polar surface area (TPSA) is 67.4 Å². The molecule has 0 fully saturated rings. The minimum Gasteiger partial charge on any atom is -0.497 e. The fourth-order valence-corrected chi connectivity index (χ4v) is 3.12. The van der Waals surface area contributed by atoms with Gasteiger partial charge in [-0.2, -0.15) is 0 Å². The van der Waals surface area contributed by atoms with Crippen LogP contribution in [0.2, 0.25) is 5.02 Å². The van der Waals surface area contributed by atoms with Crippen molar-refractivity contribution in [2.45, 2.75) is 38.8 Å². The third kappa shape index (κ3) is 6.29. The van der Waals surface area contributed by atoms with Gasteiger partial charge in [-0.3, -0.25) is 9.59 Å². The van der Waals surface area contributed by atoms with Crippen molar-refractivity contribution in [3.8, 4) is 5.75 Å². The van der Waals surface area contributed by atoms with Crippen LogP contribution in [0.25, 0.3) is 0 Å². The molecule has 6 heteroatoms. The molecule has 0 bridgehead atoms. The van der Waals surface area contributed by atoms with Gasteiger partial charge in [0.15, 0.2) is 0 Å². The fourth-order valence-electron chi connectivity index (χ4n) is 2.92. The second kappa shape index (κ2) is 9.97. The average molecular weight is 389 g/mol. The van der Waals surface area contributed by atoms with E-state index in [1.165, 1.54) is 6.92 Å². The number of methoxy groups -OCH3 is 1. The lowest BCUT2D eigenvalue weighted by Gasteiger charge is -2.22. The molecule has 5 nitrogen and oxygen atoms in total. The summed E-state index contributed by atoms with van der Waals surface area (Å²) in [5, 5.41) is 6.51. The minimum atomic E-state index is -0.412. The highest BCUT2D eigenvalue weighted by Crippen LogP contribution is 2.23. The zero-order valence-corrected chi connectivity index (χ0v) is 16.5. The fraction of sp³-hybridized carbons (Fsp3) is 0.333. The van der Waals surface area contributed by atoms with Gasteiger partial charge in [0.2, 0.25) is 11.8 Å². The summed E-state index contributed by atoms with van der Waals surface area (Å²) < 4.78 is 5.16. The number of ether oxygens (including phenoxy) is 1. The van der Waals surface area contributed by atoms with Gasteiger partial charge in [0.1, 0.15) is 5.75 Å². The Morgan fingerprint density at radius 2 is 1.74 bits per heavy atom. The van der Waals surface area contributed by atoms with E-state index in [1.807, 2.05) is 49.4 Å². The largest absolute Gasteiger partial charge is 0.497 e. The second-order valence-electron chi connectivity index (χ2n) is 6.31. The number of nitrogens with one attached hydrogen (secondary N) is 2.